The highest BCUT2D eigenvalue weighted by Crippen LogP contribution is 2.30. The third-order valence-corrected chi connectivity index (χ3v) is 5.06. The standard InChI is InChI=1S/C18H16ClF3N6O/c19-16-12(8-23-27-16)17(29)25-11-6-4-10(5-7-11)24-14-2-1-3-15-26-13(9-28(14)15)18(20,21)22/h1-3,8-9,11H,4-7H2,(H,23,27)(H,25,29). The van der Waals surface area contributed by atoms with Crippen molar-refractivity contribution < 1.29 is 18.0 Å². The minimum Gasteiger partial charge on any atom is -0.349 e. The first-order valence-corrected chi connectivity index (χ1v) is 9.30. The van der Waals surface area contributed by atoms with E-state index in [1.807, 2.05) is 0 Å². The molecule has 0 saturated heterocycles. The van der Waals surface area contributed by atoms with Gasteiger partial charge in [0.25, 0.3) is 5.91 Å². The Morgan fingerprint density at radius 2 is 2.07 bits per heavy atom. The van der Waals surface area contributed by atoms with Gasteiger partial charge in [-0.2, -0.15) is 18.3 Å². The molecule has 11 heteroatoms. The summed E-state index contributed by atoms with van der Waals surface area (Å²) in [4.78, 5) is 20.4. The molecule has 0 spiro atoms. The van der Waals surface area contributed by atoms with Crippen molar-refractivity contribution in [1.29, 1.82) is 0 Å². The SMILES string of the molecule is O=C(NC1CCC(=Nc2cccc3nc(C(F)(F)F)cn23)CC1)c1cn[nH]c1Cl. The van der Waals surface area contributed by atoms with Gasteiger partial charge in [0.15, 0.2) is 5.69 Å². The fraction of sp³-hybridized carbons (Fsp3) is 0.333. The van der Waals surface area contributed by atoms with Gasteiger partial charge in [0.2, 0.25) is 0 Å². The largest absolute Gasteiger partial charge is 0.434 e. The number of H-pyrrole nitrogens is 1. The Kier molecular flexibility index (Phi) is 5.03. The van der Waals surface area contributed by atoms with E-state index in [2.05, 4.69) is 25.5 Å². The highest BCUT2D eigenvalue weighted by atomic mass is 35.5. The van der Waals surface area contributed by atoms with Gasteiger partial charge in [0.1, 0.15) is 16.6 Å². The van der Waals surface area contributed by atoms with Crippen molar-refractivity contribution in [2.24, 2.45) is 4.99 Å². The van der Waals surface area contributed by atoms with Crippen LogP contribution in [0.5, 0.6) is 0 Å². The lowest BCUT2D eigenvalue weighted by molar-refractivity contribution is -0.140. The van der Waals surface area contributed by atoms with E-state index in [-0.39, 0.29) is 22.7 Å². The summed E-state index contributed by atoms with van der Waals surface area (Å²) in [6.45, 7) is 0. The molecule has 3 aromatic rings. The molecule has 29 heavy (non-hydrogen) atoms. The van der Waals surface area contributed by atoms with Crippen LogP contribution >= 0.6 is 11.6 Å². The van der Waals surface area contributed by atoms with E-state index in [0.29, 0.717) is 37.1 Å². The smallest absolute Gasteiger partial charge is 0.349 e. The number of hydrogen-bond donors (Lipinski definition) is 2. The van der Waals surface area contributed by atoms with Crippen LogP contribution in [0.1, 0.15) is 41.7 Å². The highest BCUT2D eigenvalue weighted by molar-refractivity contribution is 6.32. The van der Waals surface area contributed by atoms with Crippen LogP contribution in [0.3, 0.4) is 0 Å². The molecule has 4 rings (SSSR count). The molecule has 0 aliphatic heterocycles. The molecule has 1 aliphatic rings. The van der Waals surface area contributed by atoms with E-state index in [1.54, 1.807) is 12.1 Å². The molecule has 1 saturated carbocycles. The lowest BCUT2D eigenvalue weighted by Gasteiger charge is -2.24. The van der Waals surface area contributed by atoms with Crippen molar-refractivity contribution in [2.45, 2.75) is 37.9 Å². The van der Waals surface area contributed by atoms with E-state index in [0.717, 1.165) is 11.9 Å². The van der Waals surface area contributed by atoms with Crippen molar-refractivity contribution >= 4 is 34.7 Å². The zero-order chi connectivity index (χ0) is 20.6. The maximum absolute atomic E-state index is 12.9. The number of carbonyl (C=O) groups is 1. The van der Waals surface area contributed by atoms with Gasteiger partial charge in [-0.3, -0.25) is 14.3 Å². The van der Waals surface area contributed by atoms with Crippen molar-refractivity contribution in [1.82, 2.24) is 24.9 Å². The van der Waals surface area contributed by atoms with Crippen LogP contribution in [0.4, 0.5) is 19.0 Å². The number of imidazole rings is 1. The molecule has 152 valence electrons. The molecule has 0 bridgehead atoms. The topological polar surface area (TPSA) is 87.4 Å². The van der Waals surface area contributed by atoms with Crippen LogP contribution in [0.25, 0.3) is 5.65 Å². The van der Waals surface area contributed by atoms with E-state index in [4.69, 9.17) is 11.6 Å². The third-order valence-electron chi connectivity index (χ3n) is 4.77. The molecule has 1 aliphatic carbocycles. The Morgan fingerprint density at radius 3 is 2.72 bits per heavy atom. The summed E-state index contributed by atoms with van der Waals surface area (Å²) >= 11 is 5.87. The predicted molar refractivity (Wildman–Crippen MR) is 101 cm³/mol. The predicted octanol–water partition coefficient (Wildman–Crippen LogP) is 4.17. The minimum absolute atomic E-state index is 0.0340. The van der Waals surface area contributed by atoms with Crippen molar-refractivity contribution in [2.75, 3.05) is 0 Å². The zero-order valence-electron chi connectivity index (χ0n) is 15.0. The summed E-state index contributed by atoms with van der Waals surface area (Å²) in [6.07, 6.45) is 0.415. The zero-order valence-corrected chi connectivity index (χ0v) is 15.8. The number of carbonyl (C=O) groups excluding carboxylic acids is 1. The Balaban J connectivity index is 1.45. The Labute approximate surface area is 168 Å². The number of hydrogen-bond acceptors (Lipinski definition) is 4. The van der Waals surface area contributed by atoms with Crippen LogP contribution in [0, 0.1) is 0 Å². The van der Waals surface area contributed by atoms with Gasteiger partial charge in [-0.25, -0.2) is 9.98 Å². The Bertz CT molecular complexity index is 1080. The fourth-order valence-corrected chi connectivity index (χ4v) is 3.47. The van der Waals surface area contributed by atoms with Crippen molar-refractivity contribution in [3.05, 3.63) is 47.0 Å². The number of alkyl halides is 3. The van der Waals surface area contributed by atoms with Crippen molar-refractivity contribution in [3.63, 3.8) is 0 Å². The number of aromatic nitrogens is 4. The van der Waals surface area contributed by atoms with Crippen LogP contribution in [-0.2, 0) is 6.18 Å². The molecule has 1 amide bonds. The second-order valence-electron chi connectivity index (χ2n) is 6.76. The van der Waals surface area contributed by atoms with Gasteiger partial charge in [0.05, 0.1) is 11.8 Å². The van der Waals surface area contributed by atoms with Crippen LogP contribution < -0.4 is 5.32 Å². The molecule has 2 N–H and O–H groups in total. The quantitative estimate of drug-likeness (QED) is 0.661. The van der Waals surface area contributed by atoms with Gasteiger partial charge in [-0.15, -0.1) is 0 Å². The number of nitrogens with one attached hydrogen (secondary N) is 2. The molecule has 0 radical (unpaired) electrons. The molecular formula is C18H16ClF3N6O. The van der Waals surface area contributed by atoms with E-state index >= 15 is 0 Å². The van der Waals surface area contributed by atoms with Gasteiger partial charge in [-0.05, 0) is 37.8 Å². The number of amides is 1. The molecule has 3 heterocycles. The van der Waals surface area contributed by atoms with E-state index in [1.165, 1.54) is 16.7 Å². The van der Waals surface area contributed by atoms with Crippen LogP contribution in [0.15, 0.2) is 35.6 Å². The first kappa shape index (κ1) is 19.4. The molecule has 0 unspecified atom stereocenters. The monoisotopic (exact) mass is 424 g/mol. The van der Waals surface area contributed by atoms with Crippen LogP contribution in [-0.4, -0.2) is 37.2 Å². The van der Waals surface area contributed by atoms with Crippen LogP contribution in [0.2, 0.25) is 5.15 Å². The molecule has 7 nitrogen and oxygen atoms in total. The number of fused-ring (bicyclic) bond motifs is 1. The lowest BCUT2D eigenvalue weighted by Crippen LogP contribution is -2.37. The van der Waals surface area contributed by atoms with Gasteiger partial charge in [0, 0.05) is 18.0 Å². The summed E-state index contributed by atoms with van der Waals surface area (Å²) in [5, 5.41) is 9.33. The summed E-state index contributed by atoms with van der Waals surface area (Å²) in [5.41, 5.74) is 0.400. The molecule has 0 aromatic carbocycles. The van der Waals surface area contributed by atoms with Gasteiger partial charge < -0.3 is 5.32 Å². The minimum atomic E-state index is -4.51. The maximum atomic E-state index is 12.9. The molecule has 0 atom stereocenters. The number of pyridine rings is 1. The average molecular weight is 425 g/mol. The molecule has 1 fully saturated rings. The average Bonchev–Trinajstić information content (AvgIpc) is 3.30. The maximum Gasteiger partial charge on any atom is 0.434 e. The summed E-state index contributed by atoms with van der Waals surface area (Å²) in [5.74, 6) is 0.102. The Morgan fingerprint density at radius 1 is 1.31 bits per heavy atom. The number of halogens is 4. The number of nitrogens with zero attached hydrogens (tertiary/aromatic N) is 4. The van der Waals surface area contributed by atoms with Gasteiger partial charge >= 0.3 is 6.18 Å². The highest BCUT2D eigenvalue weighted by Gasteiger charge is 2.34. The number of aromatic amines is 1. The lowest BCUT2D eigenvalue weighted by atomic mass is 9.93. The normalized spacial score (nSPS) is 17.5. The Hall–Kier alpha value is -2.88. The molecular weight excluding hydrogens is 409 g/mol. The fourth-order valence-electron chi connectivity index (χ4n) is 3.28. The summed E-state index contributed by atoms with van der Waals surface area (Å²) in [7, 11) is 0. The first-order chi connectivity index (χ1) is 13.8. The number of aliphatic imine (C=N–C) groups is 1. The van der Waals surface area contributed by atoms with Crippen molar-refractivity contribution in [3.8, 4) is 0 Å². The van der Waals surface area contributed by atoms with E-state index < -0.39 is 11.9 Å². The summed E-state index contributed by atoms with van der Waals surface area (Å²) < 4.78 is 40.1. The summed E-state index contributed by atoms with van der Waals surface area (Å²) in [6, 6.07) is 4.75. The first-order valence-electron chi connectivity index (χ1n) is 8.93. The second-order valence-corrected chi connectivity index (χ2v) is 7.14. The molecule has 3 aromatic heterocycles. The third kappa shape index (κ3) is 4.12. The number of rotatable bonds is 3. The second kappa shape index (κ2) is 7.51. The van der Waals surface area contributed by atoms with Gasteiger partial charge in [-0.1, -0.05) is 17.7 Å². The van der Waals surface area contributed by atoms with E-state index in [9.17, 15) is 18.0 Å².